The van der Waals surface area contributed by atoms with Crippen molar-refractivity contribution in [2.45, 2.75) is 6.92 Å². The molecule has 0 aliphatic carbocycles. The number of alkyl halides is 1. The van der Waals surface area contributed by atoms with Crippen molar-refractivity contribution in [1.29, 1.82) is 0 Å². The number of esters is 1. The Balaban J connectivity index is 3.33. The number of hydrogen-bond acceptors (Lipinski definition) is 2. The van der Waals surface area contributed by atoms with Crippen LogP contribution in [0.25, 0.3) is 0 Å². The lowest BCUT2D eigenvalue weighted by Gasteiger charge is -1.92. The van der Waals surface area contributed by atoms with Gasteiger partial charge in [-0.1, -0.05) is 15.9 Å². The topological polar surface area (TPSA) is 26.3 Å². The fraction of sp³-hybridized carbons (Fsp3) is 0.750. The van der Waals surface area contributed by atoms with Crippen LogP contribution in [0.15, 0.2) is 0 Å². The maximum Gasteiger partial charge on any atom is 0.316 e. The van der Waals surface area contributed by atoms with Gasteiger partial charge in [0.2, 0.25) is 0 Å². The third-order valence-electron chi connectivity index (χ3n) is 0.376. The van der Waals surface area contributed by atoms with Crippen LogP contribution in [0.2, 0.25) is 0 Å². The molecule has 0 aromatic heterocycles. The number of rotatable bonds is 2. The van der Waals surface area contributed by atoms with Crippen LogP contribution in [0, 0.1) is 0 Å². The van der Waals surface area contributed by atoms with Gasteiger partial charge < -0.3 is 4.74 Å². The summed E-state index contributed by atoms with van der Waals surface area (Å²) in [5.74, 6) is -0.535. The first-order valence-corrected chi connectivity index (χ1v) is 2.83. The zero-order chi connectivity index (χ0) is 6.57. The van der Waals surface area contributed by atoms with Gasteiger partial charge in [-0.25, -0.2) is 0 Å². The van der Waals surface area contributed by atoms with Crippen molar-refractivity contribution in [3.8, 4) is 0 Å². The molecule has 0 aliphatic rings. The minimum atomic E-state index is -0.928. The van der Waals surface area contributed by atoms with Crippen molar-refractivity contribution < 1.29 is 10.9 Å². The van der Waals surface area contributed by atoms with E-state index >= 15 is 0 Å². The van der Waals surface area contributed by atoms with Crippen LogP contribution in [-0.2, 0) is 9.53 Å². The van der Waals surface area contributed by atoms with Crippen LogP contribution in [0.4, 0.5) is 0 Å². The van der Waals surface area contributed by atoms with Crippen molar-refractivity contribution in [3.63, 3.8) is 0 Å². The van der Waals surface area contributed by atoms with Crippen molar-refractivity contribution in [2.24, 2.45) is 0 Å². The highest BCUT2D eigenvalue weighted by molar-refractivity contribution is 9.09. The van der Waals surface area contributed by atoms with Crippen molar-refractivity contribution in [1.82, 2.24) is 0 Å². The fourth-order valence-corrected chi connectivity index (χ4v) is 0.306. The lowest BCUT2D eigenvalue weighted by Crippen LogP contribution is -2.03. The molecule has 1 unspecified atom stereocenters. The van der Waals surface area contributed by atoms with Crippen molar-refractivity contribution >= 4 is 21.9 Å². The van der Waals surface area contributed by atoms with Crippen LogP contribution >= 0.6 is 15.9 Å². The van der Waals surface area contributed by atoms with Gasteiger partial charge in [0.1, 0.15) is 5.31 Å². The first-order chi connectivity index (χ1) is 3.68. The van der Waals surface area contributed by atoms with E-state index in [-0.39, 0.29) is 0 Å². The summed E-state index contributed by atoms with van der Waals surface area (Å²) in [6, 6.07) is 0. The molecule has 0 amide bonds. The number of carbonyl (C=O) groups excluding carboxylic acids is 1. The first kappa shape index (κ1) is 5.09. The Bertz CT molecular complexity index is 84.1. The van der Waals surface area contributed by atoms with Gasteiger partial charge in [-0.3, -0.25) is 4.79 Å². The normalized spacial score (nSPS) is 14.9. The van der Waals surface area contributed by atoms with E-state index in [0.717, 1.165) is 0 Å². The van der Waals surface area contributed by atoms with E-state index in [0.29, 0.717) is 6.61 Å². The fourth-order valence-electron chi connectivity index (χ4n) is 0.174. The molecule has 42 valence electrons. The SMILES string of the molecule is [2H]C(Br)C(=O)OCC. The molecule has 0 radical (unpaired) electrons. The summed E-state index contributed by atoms with van der Waals surface area (Å²) < 4.78 is 11.2. The summed E-state index contributed by atoms with van der Waals surface area (Å²) in [4.78, 5) is 10.3. The Hall–Kier alpha value is -0.0500. The van der Waals surface area contributed by atoms with E-state index in [2.05, 4.69) is 20.7 Å². The van der Waals surface area contributed by atoms with E-state index in [4.69, 9.17) is 1.37 Å². The van der Waals surface area contributed by atoms with Gasteiger partial charge in [0.05, 0.1) is 7.98 Å². The average molecular weight is 168 g/mol. The van der Waals surface area contributed by atoms with E-state index < -0.39 is 11.3 Å². The monoisotopic (exact) mass is 167 g/mol. The number of hydrogen-bond donors (Lipinski definition) is 0. The van der Waals surface area contributed by atoms with Gasteiger partial charge in [-0.2, -0.15) is 0 Å². The smallest absolute Gasteiger partial charge is 0.316 e. The Kier molecular flexibility index (Phi) is 3.00. The second-order valence-corrected chi connectivity index (χ2v) is 1.32. The second kappa shape index (κ2) is 4.12. The Labute approximate surface area is 52.4 Å². The summed E-state index contributed by atoms with van der Waals surface area (Å²) >= 11 is 2.73. The minimum Gasteiger partial charge on any atom is -0.465 e. The lowest BCUT2D eigenvalue weighted by atomic mass is 10.8. The molecular weight excluding hydrogens is 160 g/mol. The Morgan fingerprint density at radius 3 is 2.86 bits per heavy atom. The molecule has 1 atom stereocenters. The molecule has 0 spiro atoms. The number of carbonyl (C=O) groups is 1. The first-order valence-electron chi connectivity index (χ1n) is 2.49. The maximum atomic E-state index is 10.3. The summed E-state index contributed by atoms with van der Waals surface area (Å²) in [7, 11) is 0. The molecule has 7 heavy (non-hydrogen) atoms. The third-order valence-corrected chi connectivity index (χ3v) is 0.750. The highest BCUT2D eigenvalue weighted by Gasteiger charge is 1.92. The molecule has 0 heterocycles. The average Bonchev–Trinajstić information content (AvgIpc) is 1.67. The van der Waals surface area contributed by atoms with Crippen LogP contribution < -0.4 is 0 Å². The molecule has 0 bridgehead atoms. The highest BCUT2D eigenvalue weighted by atomic mass is 79.9. The van der Waals surface area contributed by atoms with E-state index in [1.54, 1.807) is 6.92 Å². The lowest BCUT2D eigenvalue weighted by molar-refractivity contribution is -0.139. The molecule has 0 saturated carbocycles. The molecule has 0 aromatic carbocycles. The number of ether oxygens (including phenoxy) is 1. The zero-order valence-electron chi connectivity index (χ0n) is 4.98. The van der Waals surface area contributed by atoms with Gasteiger partial charge in [-0.15, -0.1) is 0 Å². The summed E-state index contributed by atoms with van der Waals surface area (Å²) in [5, 5.41) is -0.928. The summed E-state index contributed by atoms with van der Waals surface area (Å²) in [5.41, 5.74) is 0. The molecule has 0 rings (SSSR count). The Morgan fingerprint density at radius 1 is 2.14 bits per heavy atom. The predicted molar refractivity (Wildman–Crippen MR) is 30.4 cm³/mol. The van der Waals surface area contributed by atoms with E-state index in [9.17, 15) is 4.79 Å². The van der Waals surface area contributed by atoms with Crippen LogP contribution in [0.1, 0.15) is 8.29 Å². The molecule has 2 nitrogen and oxygen atoms in total. The van der Waals surface area contributed by atoms with Crippen LogP contribution in [0.3, 0.4) is 0 Å². The largest absolute Gasteiger partial charge is 0.465 e. The van der Waals surface area contributed by atoms with E-state index in [1.807, 2.05) is 0 Å². The van der Waals surface area contributed by atoms with Gasteiger partial charge in [0.25, 0.3) is 0 Å². The molecule has 0 fully saturated rings. The van der Waals surface area contributed by atoms with Crippen LogP contribution in [0.5, 0.6) is 0 Å². The zero-order valence-corrected chi connectivity index (χ0v) is 5.56. The molecule has 0 saturated heterocycles. The van der Waals surface area contributed by atoms with E-state index in [1.165, 1.54) is 0 Å². The highest BCUT2D eigenvalue weighted by Crippen LogP contribution is 1.82. The minimum absolute atomic E-state index is 0.333. The predicted octanol–water partition coefficient (Wildman–Crippen LogP) is 0.944. The van der Waals surface area contributed by atoms with Gasteiger partial charge in [-0.05, 0) is 6.92 Å². The quantitative estimate of drug-likeness (QED) is 0.453. The second-order valence-electron chi connectivity index (χ2n) is 0.861. The summed E-state index contributed by atoms with van der Waals surface area (Å²) in [6.45, 7) is 2.03. The van der Waals surface area contributed by atoms with Gasteiger partial charge in [0.15, 0.2) is 0 Å². The maximum absolute atomic E-state index is 10.3. The van der Waals surface area contributed by atoms with Crippen molar-refractivity contribution in [2.75, 3.05) is 11.9 Å². The molecule has 0 aliphatic heterocycles. The number of halogens is 1. The Morgan fingerprint density at radius 2 is 2.71 bits per heavy atom. The molecule has 0 N–H and O–H groups in total. The standard InChI is InChI=1S/C4H7BrO2/c1-2-7-4(6)3-5/h2-3H2,1H3/i3D. The van der Waals surface area contributed by atoms with Crippen LogP contribution in [-0.4, -0.2) is 17.9 Å². The molecule has 3 heteroatoms. The summed E-state index contributed by atoms with van der Waals surface area (Å²) in [6.07, 6.45) is 0. The van der Waals surface area contributed by atoms with Crippen molar-refractivity contribution in [3.05, 3.63) is 0 Å². The molecule has 0 aromatic rings. The van der Waals surface area contributed by atoms with Gasteiger partial charge in [0, 0.05) is 0 Å². The molecular formula is C4H7BrO2. The van der Waals surface area contributed by atoms with Gasteiger partial charge >= 0.3 is 5.97 Å². The third kappa shape index (κ3) is 3.79.